The predicted octanol–water partition coefficient (Wildman–Crippen LogP) is 4.52. The van der Waals surface area contributed by atoms with Crippen molar-refractivity contribution in [2.24, 2.45) is 10.7 Å². The van der Waals surface area contributed by atoms with Crippen LogP contribution in [0.25, 0.3) is 0 Å². The lowest BCUT2D eigenvalue weighted by Gasteiger charge is -2.06. The van der Waals surface area contributed by atoms with Crippen LogP contribution < -0.4 is 11.1 Å². The first-order valence-electron chi connectivity index (χ1n) is 7.08. The summed E-state index contributed by atoms with van der Waals surface area (Å²) in [5, 5.41) is 4.06. The maximum atomic E-state index is 5.84. The molecule has 0 bridgehead atoms. The van der Waals surface area contributed by atoms with Gasteiger partial charge in [-0.2, -0.15) is 0 Å². The van der Waals surface area contributed by atoms with Gasteiger partial charge in [0, 0.05) is 13.1 Å². The van der Waals surface area contributed by atoms with Crippen LogP contribution in [0.3, 0.4) is 0 Å². The van der Waals surface area contributed by atoms with Gasteiger partial charge in [-0.05, 0) is 29.0 Å². The molecule has 0 saturated heterocycles. The standard InChI is InChI=1S/C17H21N3S.2ClH/c1-2-21-17(18)20-16-10-6-9-15(11-16)13-19-12-14-7-4-3-5-8-14;;/h3-11,19H,2,12-13H2,1H3,(H2,18,20);2*1H. The Bertz CT molecular complexity index is 591. The molecule has 0 fully saturated rings. The molecule has 23 heavy (non-hydrogen) atoms. The van der Waals surface area contributed by atoms with E-state index in [1.165, 1.54) is 11.1 Å². The van der Waals surface area contributed by atoms with Gasteiger partial charge in [0.25, 0.3) is 0 Å². The lowest BCUT2D eigenvalue weighted by atomic mass is 10.2. The van der Waals surface area contributed by atoms with Gasteiger partial charge in [-0.25, -0.2) is 4.99 Å². The molecule has 126 valence electrons. The second-order valence-electron chi connectivity index (χ2n) is 4.64. The number of nitrogens with zero attached hydrogens (tertiary/aromatic N) is 1. The highest BCUT2D eigenvalue weighted by atomic mass is 35.5. The summed E-state index contributed by atoms with van der Waals surface area (Å²) in [5.41, 5.74) is 9.25. The molecule has 2 aromatic rings. The quantitative estimate of drug-likeness (QED) is 0.579. The highest BCUT2D eigenvalue weighted by Gasteiger charge is 1.97. The summed E-state index contributed by atoms with van der Waals surface area (Å²) in [6.07, 6.45) is 0. The Kier molecular flexibility index (Phi) is 11.6. The second-order valence-corrected chi connectivity index (χ2v) is 5.93. The zero-order chi connectivity index (χ0) is 14.9. The first-order chi connectivity index (χ1) is 10.3. The van der Waals surface area contributed by atoms with Crippen molar-refractivity contribution in [3.8, 4) is 0 Å². The van der Waals surface area contributed by atoms with Crippen molar-refractivity contribution in [2.75, 3.05) is 5.75 Å². The van der Waals surface area contributed by atoms with E-state index in [1.807, 2.05) is 18.2 Å². The number of nitrogens with two attached hydrogens (primary N) is 1. The third-order valence-corrected chi connectivity index (χ3v) is 3.62. The number of hydrogen-bond donors (Lipinski definition) is 2. The minimum absolute atomic E-state index is 0. The van der Waals surface area contributed by atoms with Gasteiger partial charge >= 0.3 is 0 Å². The van der Waals surface area contributed by atoms with Crippen LogP contribution in [0.15, 0.2) is 59.6 Å². The van der Waals surface area contributed by atoms with E-state index in [2.05, 4.69) is 53.6 Å². The van der Waals surface area contributed by atoms with Gasteiger partial charge in [-0.3, -0.25) is 0 Å². The van der Waals surface area contributed by atoms with E-state index in [-0.39, 0.29) is 24.8 Å². The van der Waals surface area contributed by atoms with Gasteiger partial charge in [-0.15, -0.1) is 24.8 Å². The summed E-state index contributed by atoms with van der Waals surface area (Å²) in [5.74, 6) is 0.938. The molecule has 0 radical (unpaired) electrons. The van der Waals surface area contributed by atoms with Gasteiger partial charge in [0.15, 0.2) is 5.17 Å². The van der Waals surface area contributed by atoms with Gasteiger partial charge in [0.1, 0.15) is 0 Å². The molecule has 0 aliphatic carbocycles. The summed E-state index contributed by atoms with van der Waals surface area (Å²) in [6.45, 7) is 3.75. The maximum Gasteiger partial charge on any atom is 0.159 e. The van der Waals surface area contributed by atoms with Gasteiger partial charge in [0.2, 0.25) is 0 Å². The van der Waals surface area contributed by atoms with Crippen molar-refractivity contribution < 1.29 is 0 Å². The van der Waals surface area contributed by atoms with E-state index in [0.29, 0.717) is 5.17 Å². The number of benzene rings is 2. The van der Waals surface area contributed by atoms with Crippen molar-refractivity contribution in [1.29, 1.82) is 0 Å². The molecule has 0 atom stereocenters. The molecule has 0 unspecified atom stereocenters. The van der Waals surface area contributed by atoms with Crippen molar-refractivity contribution in [3.05, 3.63) is 65.7 Å². The Labute approximate surface area is 155 Å². The number of thioether (sulfide) groups is 1. The summed E-state index contributed by atoms with van der Waals surface area (Å²) in [7, 11) is 0. The summed E-state index contributed by atoms with van der Waals surface area (Å²) >= 11 is 1.56. The highest BCUT2D eigenvalue weighted by molar-refractivity contribution is 8.13. The molecule has 0 aromatic heterocycles. The molecule has 2 aromatic carbocycles. The summed E-state index contributed by atoms with van der Waals surface area (Å²) < 4.78 is 0. The largest absolute Gasteiger partial charge is 0.378 e. The average molecular weight is 372 g/mol. The number of nitrogens with one attached hydrogen (secondary N) is 1. The topological polar surface area (TPSA) is 50.4 Å². The Morgan fingerprint density at radius 3 is 2.35 bits per heavy atom. The fourth-order valence-electron chi connectivity index (χ4n) is 1.99. The minimum Gasteiger partial charge on any atom is -0.378 e. The van der Waals surface area contributed by atoms with Crippen molar-refractivity contribution in [1.82, 2.24) is 5.32 Å². The Balaban J connectivity index is 0.00000242. The molecule has 3 nitrogen and oxygen atoms in total. The van der Waals surface area contributed by atoms with Gasteiger partial charge in [0.05, 0.1) is 5.69 Å². The van der Waals surface area contributed by atoms with E-state index in [0.717, 1.165) is 24.5 Å². The number of aliphatic imine (C=N–C) groups is 1. The predicted molar refractivity (Wildman–Crippen MR) is 107 cm³/mol. The monoisotopic (exact) mass is 371 g/mol. The molecule has 2 rings (SSSR count). The van der Waals surface area contributed by atoms with E-state index in [9.17, 15) is 0 Å². The molecule has 0 amide bonds. The molecule has 0 aliphatic rings. The third-order valence-electron chi connectivity index (χ3n) is 2.94. The van der Waals surface area contributed by atoms with Crippen molar-refractivity contribution in [2.45, 2.75) is 20.0 Å². The lowest BCUT2D eigenvalue weighted by Crippen LogP contribution is -2.12. The first kappa shape index (κ1) is 21.8. The molecule has 3 N–H and O–H groups in total. The normalized spacial score (nSPS) is 10.6. The molecule has 0 aliphatic heterocycles. The Morgan fingerprint density at radius 1 is 1.00 bits per heavy atom. The zero-order valence-electron chi connectivity index (χ0n) is 13.1. The van der Waals surface area contributed by atoms with Crippen LogP contribution in [0.2, 0.25) is 0 Å². The molecular weight excluding hydrogens is 349 g/mol. The van der Waals surface area contributed by atoms with Gasteiger partial charge in [-0.1, -0.05) is 61.2 Å². The van der Waals surface area contributed by atoms with Crippen LogP contribution in [0.5, 0.6) is 0 Å². The van der Waals surface area contributed by atoms with Crippen molar-refractivity contribution in [3.63, 3.8) is 0 Å². The van der Waals surface area contributed by atoms with Crippen LogP contribution >= 0.6 is 36.6 Å². The molecule has 0 spiro atoms. The van der Waals surface area contributed by atoms with Gasteiger partial charge < -0.3 is 11.1 Å². The van der Waals surface area contributed by atoms with Crippen LogP contribution in [0.1, 0.15) is 18.1 Å². The van der Waals surface area contributed by atoms with Crippen molar-refractivity contribution >= 4 is 47.4 Å². The minimum atomic E-state index is 0. The van der Waals surface area contributed by atoms with Crippen LogP contribution in [0.4, 0.5) is 5.69 Å². The van der Waals surface area contributed by atoms with E-state index in [4.69, 9.17) is 5.73 Å². The lowest BCUT2D eigenvalue weighted by molar-refractivity contribution is 0.693. The molecule has 0 heterocycles. The van der Waals surface area contributed by atoms with Crippen LogP contribution in [-0.2, 0) is 13.1 Å². The molecule has 6 heteroatoms. The molecule has 0 saturated carbocycles. The van der Waals surface area contributed by atoms with Crippen LogP contribution in [-0.4, -0.2) is 10.9 Å². The number of halogens is 2. The van der Waals surface area contributed by atoms with E-state index >= 15 is 0 Å². The summed E-state index contributed by atoms with van der Waals surface area (Å²) in [4.78, 5) is 4.41. The van der Waals surface area contributed by atoms with Crippen LogP contribution in [0, 0.1) is 0 Å². The maximum absolute atomic E-state index is 5.84. The Morgan fingerprint density at radius 2 is 1.65 bits per heavy atom. The number of hydrogen-bond acceptors (Lipinski definition) is 3. The zero-order valence-corrected chi connectivity index (χ0v) is 15.5. The highest BCUT2D eigenvalue weighted by Crippen LogP contribution is 2.16. The smallest absolute Gasteiger partial charge is 0.159 e. The number of rotatable bonds is 6. The third kappa shape index (κ3) is 8.28. The Hall–Kier alpha value is -1.20. The first-order valence-corrected chi connectivity index (χ1v) is 8.07. The molecular formula is C17H23Cl2N3S. The fourth-order valence-corrected chi connectivity index (χ4v) is 2.46. The van der Waals surface area contributed by atoms with E-state index in [1.54, 1.807) is 11.8 Å². The second kappa shape index (κ2) is 12.3. The number of amidine groups is 1. The summed E-state index contributed by atoms with van der Waals surface area (Å²) in [6, 6.07) is 18.5. The fraction of sp³-hybridized carbons (Fsp3) is 0.235. The average Bonchev–Trinajstić information content (AvgIpc) is 2.49. The SMILES string of the molecule is CCSC(N)=Nc1cccc(CNCc2ccccc2)c1.Cl.Cl. The van der Waals surface area contributed by atoms with E-state index < -0.39 is 0 Å².